The fourth-order valence-electron chi connectivity index (χ4n) is 1.57. The lowest BCUT2D eigenvalue weighted by Crippen LogP contribution is -2.19. The maximum Gasteiger partial charge on any atom is 0.0415 e. The minimum atomic E-state index is 0.506. The molecule has 0 aliphatic rings. The molecule has 1 N–H and O–H groups in total. The van der Waals surface area contributed by atoms with Gasteiger partial charge in [-0.05, 0) is 47.8 Å². The van der Waals surface area contributed by atoms with Crippen LogP contribution in [-0.4, -0.2) is 6.54 Å². The van der Waals surface area contributed by atoms with Crippen molar-refractivity contribution in [1.82, 2.24) is 5.32 Å². The summed E-state index contributed by atoms with van der Waals surface area (Å²) in [7, 11) is 0. The lowest BCUT2D eigenvalue weighted by atomic mass is 10.1. The van der Waals surface area contributed by atoms with Crippen molar-refractivity contribution in [2.24, 2.45) is 0 Å². The van der Waals surface area contributed by atoms with Crippen molar-refractivity contribution < 1.29 is 0 Å². The van der Waals surface area contributed by atoms with Crippen molar-refractivity contribution in [1.29, 1.82) is 0 Å². The topological polar surface area (TPSA) is 12.0 Å². The van der Waals surface area contributed by atoms with Crippen LogP contribution in [0.1, 0.15) is 37.1 Å². The number of unbranched alkanes of at least 4 members (excludes halogenated alkanes) is 1. The Balaban J connectivity index is 2.52. The summed E-state index contributed by atoms with van der Waals surface area (Å²) in [4.78, 5) is 1.42. The molecule has 1 atom stereocenters. The summed E-state index contributed by atoms with van der Waals surface area (Å²) in [5.41, 5.74) is 0. The van der Waals surface area contributed by atoms with E-state index in [1.807, 2.05) is 17.4 Å². The van der Waals surface area contributed by atoms with Gasteiger partial charge in [-0.15, -0.1) is 17.9 Å². The second-order valence-electron chi connectivity index (χ2n) is 3.50. The number of thiophene rings is 1. The molecule has 0 radical (unpaired) electrons. The average molecular weight is 288 g/mol. The lowest BCUT2D eigenvalue weighted by molar-refractivity contribution is 0.507. The van der Waals surface area contributed by atoms with Crippen LogP contribution >= 0.6 is 27.3 Å². The van der Waals surface area contributed by atoms with E-state index in [0.717, 1.165) is 13.0 Å². The summed E-state index contributed by atoms with van der Waals surface area (Å²) in [6.45, 7) is 6.93. The Morgan fingerprint density at radius 2 is 2.47 bits per heavy atom. The summed E-state index contributed by atoms with van der Waals surface area (Å²) in [6.07, 6.45) is 5.49. The Kier molecular flexibility index (Phi) is 6.22. The zero-order valence-corrected chi connectivity index (χ0v) is 11.5. The number of hydrogen-bond acceptors (Lipinski definition) is 2. The quantitative estimate of drug-likeness (QED) is 0.574. The van der Waals surface area contributed by atoms with Gasteiger partial charge in [-0.3, -0.25) is 0 Å². The maximum absolute atomic E-state index is 3.76. The van der Waals surface area contributed by atoms with Crippen LogP contribution in [0, 0.1) is 0 Å². The normalized spacial score (nSPS) is 12.7. The first-order valence-electron chi connectivity index (χ1n) is 5.36. The maximum atomic E-state index is 3.76. The molecular weight excluding hydrogens is 270 g/mol. The Bertz CT molecular complexity index is 296. The highest BCUT2D eigenvalue weighted by Crippen LogP contribution is 2.28. The molecular formula is C12H18BrNS. The van der Waals surface area contributed by atoms with Crippen LogP contribution in [0.4, 0.5) is 0 Å². The zero-order valence-electron chi connectivity index (χ0n) is 9.13. The zero-order chi connectivity index (χ0) is 11.1. The molecule has 1 heterocycles. The molecule has 0 amide bonds. The second kappa shape index (κ2) is 7.20. The molecule has 3 heteroatoms. The molecule has 0 aliphatic carbocycles. The van der Waals surface area contributed by atoms with Gasteiger partial charge in [0.25, 0.3) is 0 Å². The molecule has 1 unspecified atom stereocenters. The van der Waals surface area contributed by atoms with E-state index < -0.39 is 0 Å². The highest BCUT2D eigenvalue weighted by molar-refractivity contribution is 9.10. The summed E-state index contributed by atoms with van der Waals surface area (Å²) >= 11 is 5.32. The van der Waals surface area contributed by atoms with Crippen molar-refractivity contribution in [2.45, 2.75) is 32.2 Å². The Morgan fingerprint density at radius 3 is 3.00 bits per heavy atom. The van der Waals surface area contributed by atoms with Crippen LogP contribution in [0.15, 0.2) is 28.6 Å². The van der Waals surface area contributed by atoms with Crippen LogP contribution in [0.25, 0.3) is 0 Å². The van der Waals surface area contributed by atoms with E-state index in [1.54, 1.807) is 0 Å². The van der Waals surface area contributed by atoms with Gasteiger partial charge in [0, 0.05) is 20.8 Å². The van der Waals surface area contributed by atoms with Crippen molar-refractivity contribution >= 4 is 27.3 Å². The van der Waals surface area contributed by atoms with E-state index in [-0.39, 0.29) is 0 Å². The van der Waals surface area contributed by atoms with Crippen LogP contribution in [0.5, 0.6) is 0 Å². The Labute approximate surface area is 105 Å². The van der Waals surface area contributed by atoms with Crippen LogP contribution < -0.4 is 5.32 Å². The molecule has 0 aromatic carbocycles. The molecule has 0 aliphatic heterocycles. The van der Waals surface area contributed by atoms with E-state index in [0.29, 0.717) is 6.04 Å². The molecule has 0 saturated carbocycles. The Morgan fingerprint density at radius 1 is 1.67 bits per heavy atom. The first-order chi connectivity index (χ1) is 7.27. The first-order valence-corrected chi connectivity index (χ1v) is 7.03. The first kappa shape index (κ1) is 12.9. The predicted octanol–water partition coefficient (Wildman–Crippen LogP) is 4.52. The molecule has 1 rings (SSSR count). The van der Waals surface area contributed by atoms with Crippen LogP contribution in [-0.2, 0) is 0 Å². The van der Waals surface area contributed by atoms with E-state index in [4.69, 9.17) is 0 Å². The van der Waals surface area contributed by atoms with Crippen molar-refractivity contribution in [3.63, 3.8) is 0 Å². The van der Waals surface area contributed by atoms with Crippen molar-refractivity contribution in [2.75, 3.05) is 6.54 Å². The number of halogens is 1. The molecule has 1 aromatic rings. The van der Waals surface area contributed by atoms with Gasteiger partial charge in [-0.1, -0.05) is 13.0 Å². The third-order valence-corrected chi connectivity index (χ3v) is 4.09. The predicted molar refractivity (Wildman–Crippen MR) is 72.5 cm³/mol. The van der Waals surface area contributed by atoms with Gasteiger partial charge < -0.3 is 5.32 Å². The highest BCUT2D eigenvalue weighted by Gasteiger charge is 2.11. The summed E-state index contributed by atoms with van der Waals surface area (Å²) < 4.78 is 1.19. The van der Waals surface area contributed by atoms with E-state index in [2.05, 4.69) is 46.2 Å². The van der Waals surface area contributed by atoms with Crippen LogP contribution in [0.2, 0.25) is 0 Å². The van der Waals surface area contributed by atoms with Gasteiger partial charge in [0.2, 0.25) is 0 Å². The average Bonchev–Trinajstić information content (AvgIpc) is 2.64. The smallest absolute Gasteiger partial charge is 0.0415 e. The summed E-state index contributed by atoms with van der Waals surface area (Å²) in [5, 5.41) is 5.67. The molecule has 0 bridgehead atoms. The summed E-state index contributed by atoms with van der Waals surface area (Å²) in [5.74, 6) is 0. The SMILES string of the molecule is C=CCCCC(NCC)c1cc(Br)cs1. The van der Waals surface area contributed by atoms with Gasteiger partial charge >= 0.3 is 0 Å². The Hall–Kier alpha value is -0.120. The van der Waals surface area contributed by atoms with Gasteiger partial charge in [0.15, 0.2) is 0 Å². The molecule has 84 valence electrons. The molecule has 0 saturated heterocycles. The van der Waals surface area contributed by atoms with Gasteiger partial charge in [-0.25, -0.2) is 0 Å². The van der Waals surface area contributed by atoms with Gasteiger partial charge in [-0.2, -0.15) is 0 Å². The number of rotatable bonds is 7. The molecule has 1 nitrogen and oxygen atoms in total. The monoisotopic (exact) mass is 287 g/mol. The van der Waals surface area contributed by atoms with Gasteiger partial charge in [0.1, 0.15) is 0 Å². The second-order valence-corrected chi connectivity index (χ2v) is 5.36. The lowest BCUT2D eigenvalue weighted by Gasteiger charge is -2.15. The number of hydrogen-bond donors (Lipinski definition) is 1. The number of allylic oxidation sites excluding steroid dienone is 1. The molecule has 0 fully saturated rings. The van der Waals surface area contributed by atoms with Crippen molar-refractivity contribution in [3.8, 4) is 0 Å². The third kappa shape index (κ3) is 4.49. The fraction of sp³-hybridized carbons (Fsp3) is 0.500. The fourth-order valence-corrected chi connectivity index (χ4v) is 3.12. The van der Waals surface area contributed by atoms with Crippen molar-refractivity contribution in [3.05, 3.63) is 33.5 Å². The van der Waals surface area contributed by atoms with E-state index >= 15 is 0 Å². The minimum Gasteiger partial charge on any atom is -0.310 e. The van der Waals surface area contributed by atoms with E-state index in [1.165, 1.54) is 22.2 Å². The highest BCUT2D eigenvalue weighted by atomic mass is 79.9. The molecule has 15 heavy (non-hydrogen) atoms. The number of nitrogens with one attached hydrogen (secondary N) is 1. The summed E-state index contributed by atoms with van der Waals surface area (Å²) in [6, 6.07) is 2.72. The van der Waals surface area contributed by atoms with E-state index in [9.17, 15) is 0 Å². The molecule has 0 spiro atoms. The third-order valence-electron chi connectivity index (χ3n) is 2.28. The standard InChI is InChI=1S/C12H18BrNS/c1-3-5-6-7-11(14-4-2)12-8-10(13)9-15-12/h3,8-9,11,14H,1,4-7H2,2H3. The molecule has 1 aromatic heterocycles. The minimum absolute atomic E-state index is 0.506. The van der Waals surface area contributed by atoms with Gasteiger partial charge in [0.05, 0.1) is 0 Å². The largest absolute Gasteiger partial charge is 0.310 e. The van der Waals surface area contributed by atoms with Crippen LogP contribution in [0.3, 0.4) is 0 Å².